The number of hydrogen-bond acceptors (Lipinski definition) is 2. The van der Waals surface area contributed by atoms with Gasteiger partial charge in [-0.25, -0.2) is 0 Å². The van der Waals surface area contributed by atoms with Gasteiger partial charge in [-0.2, -0.15) is 0 Å². The third kappa shape index (κ3) is 2.18. The van der Waals surface area contributed by atoms with Crippen molar-refractivity contribution in [2.24, 2.45) is 0 Å². The molecule has 1 unspecified atom stereocenters. The van der Waals surface area contributed by atoms with E-state index in [0.29, 0.717) is 5.92 Å². The lowest BCUT2D eigenvalue weighted by atomic mass is 9.97. The highest BCUT2D eigenvalue weighted by atomic mass is 16.3. The molecule has 2 nitrogen and oxygen atoms in total. The van der Waals surface area contributed by atoms with E-state index >= 15 is 0 Å². The highest BCUT2D eigenvalue weighted by Crippen LogP contribution is 2.25. The predicted molar refractivity (Wildman–Crippen MR) is 57.5 cm³/mol. The molecule has 78 valence electrons. The molecular weight excluding hydrogens is 174 g/mol. The van der Waals surface area contributed by atoms with Crippen LogP contribution in [0.1, 0.15) is 43.6 Å². The molecule has 1 aromatic rings. The van der Waals surface area contributed by atoms with Crippen LogP contribution < -0.4 is 5.32 Å². The van der Waals surface area contributed by atoms with E-state index in [0.717, 1.165) is 25.1 Å². The van der Waals surface area contributed by atoms with Gasteiger partial charge in [-0.05, 0) is 37.9 Å². The minimum Gasteiger partial charge on any atom is -0.466 e. The fourth-order valence-electron chi connectivity index (χ4n) is 2.09. The Labute approximate surface area is 85.7 Å². The van der Waals surface area contributed by atoms with Gasteiger partial charge in [0.15, 0.2) is 0 Å². The molecule has 0 spiro atoms. The first kappa shape index (κ1) is 9.78. The van der Waals surface area contributed by atoms with Crippen LogP contribution in [0.5, 0.6) is 0 Å². The number of aryl methyl sites for hydroxylation is 1. The van der Waals surface area contributed by atoms with Gasteiger partial charge < -0.3 is 9.73 Å². The monoisotopic (exact) mass is 193 g/mol. The first-order valence-electron chi connectivity index (χ1n) is 5.69. The second kappa shape index (κ2) is 4.65. The number of piperidine rings is 1. The minimum absolute atomic E-state index is 0.606. The summed E-state index contributed by atoms with van der Waals surface area (Å²) < 4.78 is 5.82. The molecule has 2 heteroatoms. The second-order valence-electron chi connectivity index (χ2n) is 4.10. The van der Waals surface area contributed by atoms with Crippen molar-refractivity contribution in [3.8, 4) is 0 Å². The van der Waals surface area contributed by atoms with E-state index in [2.05, 4.69) is 24.4 Å². The van der Waals surface area contributed by atoms with Crippen molar-refractivity contribution in [3.05, 3.63) is 23.7 Å². The molecule has 0 bridgehead atoms. The molecule has 2 rings (SSSR count). The average Bonchev–Trinajstić information content (AvgIpc) is 2.68. The summed E-state index contributed by atoms with van der Waals surface area (Å²) >= 11 is 0. The molecular formula is C12H19NO. The maximum Gasteiger partial charge on any atom is 0.108 e. The van der Waals surface area contributed by atoms with Crippen molar-refractivity contribution in [1.82, 2.24) is 5.32 Å². The van der Waals surface area contributed by atoms with Crippen LogP contribution in [0, 0.1) is 0 Å². The SMILES string of the molecule is CCCc1ccc(C2CCCNC2)o1. The van der Waals surface area contributed by atoms with Gasteiger partial charge in [0.25, 0.3) is 0 Å². The maximum absolute atomic E-state index is 5.82. The van der Waals surface area contributed by atoms with E-state index in [1.165, 1.54) is 25.1 Å². The smallest absolute Gasteiger partial charge is 0.108 e. The van der Waals surface area contributed by atoms with Crippen molar-refractivity contribution in [1.29, 1.82) is 0 Å². The van der Waals surface area contributed by atoms with Crippen LogP contribution in [-0.2, 0) is 6.42 Å². The largest absolute Gasteiger partial charge is 0.466 e. The molecule has 0 aromatic carbocycles. The molecule has 14 heavy (non-hydrogen) atoms. The van der Waals surface area contributed by atoms with Gasteiger partial charge in [-0.3, -0.25) is 0 Å². The lowest BCUT2D eigenvalue weighted by Gasteiger charge is -2.20. The third-order valence-electron chi connectivity index (χ3n) is 2.88. The number of nitrogens with one attached hydrogen (secondary N) is 1. The summed E-state index contributed by atoms with van der Waals surface area (Å²) in [7, 11) is 0. The van der Waals surface area contributed by atoms with Crippen LogP contribution in [0.25, 0.3) is 0 Å². The molecule has 1 aliphatic heterocycles. The normalized spacial score (nSPS) is 22.5. The zero-order valence-corrected chi connectivity index (χ0v) is 8.88. The second-order valence-corrected chi connectivity index (χ2v) is 4.10. The molecule has 1 N–H and O–H groups in total. The lowest BCUT2D eigenvalue weighted by Crippen LogP contribution is -2.28. The predicted octanol–water partition coefficient (Wildman–Crippen LogP) is 2.70. The number of furan rings is 1. The van der Waals surface area contributed by atoms with Gasteiger partial charge in [0.1, 0.15) is 11.5 Å². The Morgan fingerprint density at radius 3 is 3.14 bits per heavy atom. The van der Waals surface area contributed by atoms with Crippen LogP contribution in [-0.4, -0.2) is 13.1 Å². The van der Waals surface area contributed by atoms with Crippen molar-refractivity contribution in [2.75, 3.05) is 13.1 Å². The van der Waals surface area contributed by atoms with E-state index in [4.69, 9.17) is 4.42 Å². The van der Waals surface area contributed by atoms with Crippen molar-refractivity contribution in [2.45, 2.75) is 38.5 Å². The molecule has 1 atom stereocenters. The molecule has 1 aliphatic rings. The highest BCUT2D eigenvalue weighted by Gasteiger charge is 2.17. The van der Waals surface area contributed by atoms with Crippen LogP contribution in [0.3, 0.4) is 0 Å². The Hall–Kier alpha value is -0.760. The summed E-state index contributed by atoms with van der Waals surface area (Å²) in [5.74, 6) is 2.93. The van der Waals surface area contributed by atoms with E-state index in [1.807, 2.05) is 0 Å². The topological polar surface area (TPSA) is 25.2 Å². The Kier molecular flexibility index (Phi) is 3.25. The summed E-state index contributed by atoms with van der Waals surface area (Å²) in [5.41, 5.74) is 0. The zero-order chi connectivity index (χ0) is 9.80. The minimum atomic E-state index is 0.606. The molecule has 1 aromatic heterocycles. The molecule has 0 amide bonds. The lowest BCUT2D eigenvalue weighted by molar-refractivity contribution is 0.373. The van der Waals surface area contributed by atoms with E-state index in [-0.39, 0.29) is 0 Å². The molecule has 2 heterocycles. The Bertz CT molecular complexity index is 274. The highest BCUT2D eigenvalue weighted by molar-refractivity contribution is 5.12. The van der Waals surface area contributed by atoms with Gasteiger partial charge >= 0.3 is 0 Å². The van der Waals surface area contributed by atoms with Crippen LogP contribution in [0.4, 0.5) is 0 Å². The van der Waals surface area contributed by atoms with Crippen molar-refractivity contribution < 1.29 is 4.42 Å². The fourth-order valence-corrected chi connectivity index (χ4v) is 2.09. The number of rotatable bonds is 3. The summed E-state index contributed by atoms with van der Waals surface area (Å²) in [5, 5.41) is 3.41. The van der Waals surface area contributed by atoms with Crippen molar-refractivity contribution in [3.63, 3.8) is 0 Å². The summed E-state index contributed by atoms with van der Waals surface area (Å²) in [6.45, 7) is 4.43. The molecule has 0 aliphatic carbocycles. The number of hydrogen-bond donors (Lipinski definition) is 1. The standard InChI is InChI=1S/C12H19NO/c1-2-4-11-6-7-12(14-11)10-5-3-8-13-9-10/h6-7,10,13H,2-5,8-9H2,1H3. The molecule has 0 saturated carbocycles. The first-order valence-corrected chi connectivity index (χ1v) is 5.69. The zero-order valence-electron chi connectivity index (χ0n) is 8.88. The van der Waals surface area contributed by atoms with Gasteiger partial charge in [-0.15, -0.1) is 0 Å². The van der Waals surface area contributed by atoms with Gasteiger partial charge in [0.05, 0.1) is 0 Å². The Morgan fingerprint density at radius 2 is 2.43 bits per heavy atom. The molecule has 1 saturated heterocycles. The maximum atomic E-state index is 5.82. The Morgan fingerprint density at radius 1 is 1.50 bits per heavy atom. The van der Waals surface area contributed by atoms with Gasteiger partial charge in [0, 0.05) is 18.9 Å². The molecule has 0 radical (unpaired) electrons. The van der Waals surface area contributed by atoms with Gasteiger partial charge in [0.2, 0.25) is 0 Å². The third-order valence-corrected chi connectivity index (χ3v) is 2.88. The Balaban J connectivity index is 2.00. The average molecular weight is 193 g/mol. The van der Waals surface area contributed by atoms with Crippen LogP contribution in [0.2, 0.25) is 0 Å². The summed E-state index contributed by atoms with van der Waals surface area (Å²) in [4.78, 5) is 0. The first-order chi connectivity index (χ1) is 6.90. The van der Waals surface area contributed by atoms with Crippen LogP contribution >= 0.6 is 0 Å². The summed E-state index contributed by atoms with van der Waals surface area (Å²) in [6, 6.07) is 4.29. The van der Waals surface area contributed by atoms with Crippen molar-refractivity contribution >= 4 is 0 Å². The van der Waals surface area contributed by atoms with E-state index in [1.54, 1.807) is 0 Å². The van der Waals surface area contributed by atoms with Crippen LogP contribution in [0.15, 0.2) is 16.5 Å². The molecule has 1 fully saturated rings. The van der Waals surface area contributed by atoms with E-state index < -0.39 is 0 Å². The fraction of sp³-hybridized carbons (Fsp3) is 0.667. The van der Waals surface area contributed by atoms with Gasteiger partial charge in [-0.1, -0.05) is 6.92 Å². The van der Waals surface area contributed by atoms with E-state index in [9.17, 15) is 0 Å². The summed E-state index contributed by atoms with van der Waals surface area (Å²) in [6.07, 6.45) is 4.77. The quantitative estimate of drug-likeness (QED) is 0.798.